The predicted octanol–water partition coefficient (Wildman–Crippen LogP) is 4.88. The SMILES string of the molecule is Cc1ccc(N(C(=O)CCCCCN2C(=O)c3ccccc3C2=O)S(=O)(=O)c2ccc(C)cc2)cc1. The third kappa shape index (κ3) is 5.09. The van der Waals surface area contributed by atoms with Crippen LogP contribution in [0.25, 0.3) is 0 Å². The number of fused-ring (bicyclic) bond motifs is 1. The maximum absolute atomic E-state index is 13.4. The number of amides is 3. The van der Waals surface area contributed by atoms with Gasteiger partial charge in [0.05, 0.1) is 21.7 Å². The lowest BCUT2D eigenvalue weighted by Crippen LogP contribution is -2.37. The average molecular weight is 505 g/mol. The van der Waals surface area contributed by atoms with E-state index in [1.807, 2.05) is 13.8 Å². The molecule has 1 aliphatic heterocycles. The highest BCUT2D eigenvalue weighted by Gasteiger charge is 2.34. The summed E-state index contributed by atoms with van der Waals surface area (Å²) in [6.07, 6.45) is 1.52. The molecule has 0 saturated heterocycles. The third-order valence-corrected chi connectivity index (χ3v) is 7.97. The summed E-state index contributed by atoms with van der Waals surface area (Å²) in [5.41, 5.74) is 2.98. The van der Waals surface area contributed by atoms with Crippen LogP contribution in [0.2, 0.25) is 0 Å². The summed E-state index contributed by atoms with van der Waals surface area (Å²) >= 11 is 0. The molecule has 186 valence electrons. The zero-order chi connectivity index (χ0) is 25.9. The van der Waals surface area contributed by atoms with Crippen molar-refractivity contribution in [1.82, 2.24) is 4.90 Å². The Kier molecular flexibility index (Phi) is 7.35. The molecule has 3 aromatic rings. The maximum atomic E-state index is 13.4. The van der Waals surface area contributed by atoms with Crippen LogP contribution >= 0.6 is 0 Å². The van der Waals surface area contributed by atoms with Crippen molar-refractivity contribution in [2.75, 3.05) is 10.8 Å². The molecule has 36 heavy (non-hydrogen) atoms. The Morgan fingerprint density at radius 1 is 0.750 bits per heavy atom. The van der Waals surface area contributed by atoms with Gasteiger partial charge in [-0.15, -0.1) is 0 Å². The summed E-state index contributed by atoms with van der Waals surface area (Å²) in [4.78, 5) is 39.5. The van der Waals surface area contributed by atoms with Crippen LogP contribution in [0.1, 0.15) is 57.5 Å². The molecule has 1 heterocycles. The Morgan fingerprint density at radius 3 is 1.83 bits per heavy atom. The predicted molar refractivity (Wildman–Crippen MR) is 137 cm³/mol. The van der Waals surface area contributed by atoms with Crippen LogP contribution in [0.5, 0.6) is 0 Å². The monoisotopic (exact) mass is 504 g/mol. The number of rotatable bonds is 9. The topological polar surface area (TPSA) is 91.8 Å². The maximum Gasteiger partial charge on any atom is 0.270 e. The van der Waals surface area contributed by atoms with E-state index in [1.165, 1.54) is 17.0 Å². The first-order valence-electron chi connectivity index (χ1n) is 11.9. The van der Waals surface area contributed by atoms with Gasteiger partial charge in [-0.1, -0.05) is 53.9 Å². The molecule has 3 amide bonds. The van der Waals surface area contributed by atoms with Gasteiger partial charge in [0.15, 0.2) is 0 Å². The lowest BCUT2D eigenvalue weighted by Gasteiger charge is -2.23. The van der Waals surface area contributed by atoms with Crippen molar-refractivity contribution in [1.29, 1.82) is 0 Å². The highest BCUT2D eigenvalue weighted by molar-refractivity contribution is 7.93. The van der Waals surface area contributed by atoms with Crippen molar-refractivity contribution in [3.63, 3.8) is 0 Å². The number of hydrogen-bond acceptors (Lipinski definition) is 5. The van der Waals surface area contributed by atoms with Gasteiger partial charge in [0.25, 0.3) is 21.8 Å². The lowest BCUT2D eigenvalue weighted by molar-refractivity contribution is -0.117. The van der Waals surface area contributed by atoms with Crippen LogP contribution in [0.4, 0.5) is 5.69 Å². The Morgan fingerprint density at radius 2 is 1.28 bits per heavy atom. The van der Waals surface area contributed by atoms with Gasteiger partial charge in [0, 0.05) is 13.0 Å². The molecule has 8 heteroatoms. The number of unbranched alkanes of at least 4 members (excludes halogenated alkanes) is 2. The van der Waals surface area contributed by atoms with E-state index in [9.17, 15) is 22.8 Å². The number of carbonyl (C=O) groups is 3. The van der Waals surface area contributed by atoms with E-state index >= 15 is 0 Å². The number of anilines is 1. The molecule has 0 radical (unpaired) electrons. The molecular weight excluding hydrogens is 476 g/mol. The van der Waals surface area contributed by atoms with Gasteiger partial charge in [-0.3, -0.25) is 19.3 Å². The second kappa shape index (κ2) is 10.5. The summed E-state index contributed by atoms with van der Waals surface area (Å²) in [5.74, 6) is -1.14. The molecule has 3 aromatic carbocycles. The van der Waals surface area contributed by atoms with Gasteiger partial charge in [0.2, 0.25) is 5.91 Å². The number of aryl methyl sites for hydroxylation is 2. The number of nitrogens with zero attached hydrogens (tertiary/aromatic N) is 2. The van der Waals surface area contributed by atoms with Gasteiger partial charge < -0.3 is 0 Å². The van der Waals surface area contributed by atoms with E-state index in [4.69, 9.17) is 0 Å². The zero-order valence-corrected chi connectivity index (χ0v) is 21.1. The Hall–Kier alpha value is -3.78. The lowest BCUT2D eigenvalue weighted by atomic mass is 10.1. The minimum atomic E-state index is -4.10. The average Bonchev–Trinajstić information content (AvgIpc) is 3.10. The molecule has 0 saturated carbocycles. The number of benzene rings is 3. The Bertz CT molecular complexity index is 1360. The van der Waals surface area contributed by atoms with Crippen molar-refractivity contribution in [3.8, 4) is 0 Å². The van der Waals surface area contributed by atoms with Crippen LogP contribution < -0.4 is 4.31 Å². The molecule has 0 aliphatic carbocycles. The largest absolute Gasteiger partial charge is 0.274 e. The first-order chi connectivity index (χ1) is 17.2. The quantitative estimate of drug-likeness (QED) is 0.306. The fourth-order valence-electron chi connectivity index (χ4n) is 4.18. The van der Waals surface area contributed by atoms with Crippen LogP contribution in [0.15, 0.2) is 77.7 Å². The molecule has 1 aliphatic rings. The molecule has 0 atom stereocenters. The molecule has 7 nitrogen and oxygen atoms in total. The minimum Gasteiger partial charge on any atom is -0.274 e. The second-order valence-corrected chi connectivity index (χ2v) is 10.7. The molecule has 0 spiro atoms. The summed E-state index contributed by atoms with van der Waals surface area (Å²) in [6, 6.07) is 19.9. The van der Waals surface area contributed by atoms with Crippen LogP contribution in [-0.4, -0.2) is 37.6 Å². The van der Waals surface area contributed by atoms with Gasteiger partial charge >= 0.3 is 0 Å². The van der Waals surface area contributed by atoms with Crippen molar-refractivity contribution in [3.05, 3.63) is 95.1 Å². The van der Waals surface area contributed by atoms with Crippen molar-refractivity contribution in [2.24, 2.45) is 0 Å². The summed E-state index contributed by atoms with van der Waals surface area (Å²) in [5, 5.41) is 0. The van der Waals surface area contributed by atoms with Crippen LogP contribution in [-0.2, 0) is 14.8 Å². The molecule has 0 bridgehead atoms. The number of hydrogen-bond donors (Lipinski definition) is 0. The number of sulfonamides is 1. The number of imide groups is 1. The van der Waals surface area contributed by atoms with E-state index in [0.717, 1.165) is 15.4 Å². The van der Waals surface area contributed by atoms with E-state index < -0.39 is 15.9 Å². The highest BCUT2D eigenvalue weighted by atomic mass is 32.2. The van der Waals surface area contributed by atoms with Gasteiger partial charge in [-0.25, -0.2) is 12.7 Å². The van der Waals surface area contributed by atoms with E-state index in [-0.39, 0.29) is 35.4 Å². The highest BCUT2D eigenvalue weighted by Crippen LogP contribution is 2.27. The summed E-state index contributed by atoms with van der Waals surface area (Å²) in [7, 11) is -4.10. The van der Waals surface area contributed by atoms with Crippen molar-refractivity contribution >= 4 is 33.4 Å². The summed E-state index contributed by atoms with van der Waals surface area (Å²) < 4.78 is 27.7. The Balaban J connectivity index is 1.41. The number of carbonyl (C=O) groups excluding carboxylic acids is 3. The molecule has 0 fully saturated rings. The molecular formula is C28H28N2O5S. The molecule has 0 N–H and O–H groups in total. The fraction of sp³-hybridized carbons (Fsp3) is 0.250. The standard InChI is InChI=1S/C28H28N2O5S/c1-20-11-15-22(16-12-20)30(36(34,35)23-17-13-21(2)14-18-23)26(31)10-4-3-7-19-29-27(32)24-8-5-6-9-25(24)28(29)33/h5-6,8-9,11-18H,3-4,7,10,19H2,1-2H3. The van der Waals surface area contributed by atoms with Gasteiger partial charge in [0.1, 0.15) is 0 Å². The van der Waals surface area contributed by atoms with E-state index in [0.29, 0.717) is 30.4 Å². The van der Waals surface area contributed by atoms with Gasteiger partial charge in [-0.05, 0) is 63.1 Å². The van der Waals surface area contributed by atoms with Gasteiger partial charge in [-0.2, -0.15) is 0 Å². The smallest absolute Gasteiger partial charge is 0.270 e. The van der Waals surface area contributed by atoms with Crippen LogP contribution in [0.3, 0.4) is 0 Å². The molecule has 0 aromatic heterocycles. The minimum absolute atomic E-state index is 0.0150. The Labute approximate surface area is 211 Å². The van der Waals surface area contributed by atoms with Crippen LogP contribution in [0, 0.1) is 13.8 Å². The first-order valence-corrected chi connectivity index (χ1v) is 13.3. The van der Waals surface area contributed by atoms with Crippen molar-refractivity contribution in [2.45, 2.75) is 44.4 Å². The molecule has 4 rings (SSSR count). The third-order valence-electron chi connectivity index (χ3n) is 6.20. The zero-order valence-electron chi connectivity index (χ0n) is 20.3. The second-order valence-electron chi connectivity index (χ2n) is 8.93. The van der Waals surface area contributed by atoms with E-state index in [2.05, 4.69) is 0 Å². The fourth-order valence-corrected chi connectivity index (χ4v) is 5.63. The van der Waals surface area contributed by atoms with E-state index in [1.54, 1.807) is 60.7 Å². The summed E-state index contributed by atoms with van der Waals surface area (Å²) in [6.45, 7) is 4.00. The molecule has 0 unspecified atom stereocenters. The van der Waals surface area contributed by atoms with Crippen molar-refractivity contribution < 1.29 is 22.8 Å². The normalized spacial score (nSPS) is 13.1. The first kappa shape index (κ1) is 25.3.